The fourth-order valence-corrected chi connectivity index (χ4v) is 1.35. The second-order valence-electron chi connectivity index (χ2n) is 3.02. The van der Waals surface area contributed by atoms with Crippen LogP contribution in [0.15, 0.2) is 22.7 Å². The Hall–Kier alpha value is -0.910. The zero-order valence-corrected chi connectivity index (χ0v) is 10.2. The van der Waals surface area contributed by atoms with Gasteiger partial charge in [0.15, 0.2) is 11.6 Å². The molecule has 0 saturated carbocycles. The molecule has 0 atom stereocenters. The molecule has 0 spiro atoms. The van der Waals surface area contributed by atoms with Gasteiger partial charge in [0.25, 0.3) is 9.68 Å². The van der Waals surface area contributed by atoms with Crippen LogP contribution >= 0.6 is 34.8 Å². The van der Waals surface area contributed by atoms with Crippen molar-refractivity contribution in [1.29, 1.82) is 0 Å². The van der Waals surface area contributed by atoms with Crippen LogP contribution in [0.4, 0.5) is 8.78 Å². The highest BCUT2D eigenvalue weighted by Gasteiger charge is 2.31. The summed E-state index contributed by atoms with van der Waals surface area (Å²) in [6.07, 6.45) is 0. The highest BCUT2D eigenvalue weighted by molar-refractivity contribution is 6.66. The summed E-state index contributed by atoms with van der Waals surface area (Å²) < 4.78 is 29.1. The zero-order valence-electron chi connectivity index (χ0n) is 7.92. The van der Waals surface area contributed by atoms with E-state index in [2.05, 4.69) is 14.7 Å². The first-order chi connectivity index (χ1) is 7.89. The Morgan fingerprint density at radius 2 is 1.88 bits per heavy atom. The van der Waals surface area contributed by atoms with Crippen LogP contribution in [0.3, 0.4) is 0 Å². The summed E-state index contributed by atoms with van der Waals surface area (Å²) in [5.74, 6) is -2.63. The Kier molecular flexibility index (Phi) is 3.25. The molecule has 1 aromatic carbocycles. The third-order valence-electron chi connectivity index (χ3n) is 1.86. The molecule has 0 saturated heterocycles. The largest absolute Gasteiger partial charge is 0.334 e. The maximum Gasteiger partial charge on any atom is 0.279 e. The number of hydrogen-bond donors (Lipinski definition) is 0. The fraction of sp³-hybridized carbons (Fsp3) is 0.111. The van der Waals surface area contributed by atoms with E-state index in [1.807, 2.05) is 0 Å². The van der Waals surface area contributed by atoms with E-state index in [4.69, 9.17) is 34.8 Å². The van der Waals surface area contributed by atoms with Crippen molar-refractivity contribution in [2.45, 2.75) is 3.79 Å². The maximum absolute atomic E-state index is 13.4. The van der Waals surface area contributed by atoms with Crippen LogP contribution < -0.4 is 0 Å². The molecule has 2 aromatic rings. The molecule has 0 aliphatic rings. The van der Waals surface area contributed by atoms with E-state index in [1.165, 1.54) is 12.1 Å². The Bertz CT molecular complexity index is 553. The molecule has 17 heavy (non-hydrogen) atoms. The third-order valence-corrected chi connectivity index (χ3v) is 2.35. The summed E-state index contributed by atoms with van der Waals surface area (Å²) >= 11 is 16.5. The lowest BCUT2D eigenvalue weighted by Crippen LogP contribution is -2.00. The van der Waals surface area contributed by atoms with E-state index < -0.39 is 15.4 Å². The van der Waals surface area contributed by atoms with Gasteiger partial charge < -0.3 is 4.52 Å². The van der Waals surface area contributed by atoms with Gasteiger partial charge in [0.2, 0.25) is 5.82 Å². The van der Waals surface area contributed by atoms with E-state index in [0.717, 1.165) is 6.07 Å². The van der Waals surface area contributed by atoms with Crippen LogP contribution in [0.1, 0.15) is 5.89 Å². The summed E-state index contributed by atoms with van der Waals surface area (Å²) in [7, 11) is 0. The Labute approximate surface area is 109 Å². The minimum Gasteiger partial charge on any atom is -0.334 e. The van der Waals surface area contributed by atoms with Gasteiger partial charge in [-0.1, -0.05) is 46.0 Å². The molecule has 0 N–H and O–H groups in total. The molecular formula is C9H3Cl3F2N2O. The normalized spacial score (nSPS) is 11.8. The molecule has 0 unspecified atom stereocenters. The second-order valence-corrected chi connectivity index (χ2v) is 5.30. The van der Waals surface area contributed by atoms with E-state index in [0.29, 0.717) is 0 Å². The maximum atomic E-state index is 13.4. The van der Waals surface area contributed by atoms with Crippen LogP contribution in [0.2, 0.25) is 0 Å². The van der Waals surface area contributed by atoms with E-state index in [-0.39, 0.29) is 17.3 Å². The van der Waals surface area contributed by atoms with Gasteiger partial charge in [-0.2, -0.15) is 4.98 Å². The van der Waals surface area contributed by atoms with Gasteiger partial charge in [-0.15, -0.1) is 0 Å². The fourth-order valence-electron chi connectivity index (χ4n) is 1.12. The van der Waals surface area contributed by atoms with Gasteiger partial charge in [-0.25, -0.2) is 8.78 Å². The molecule has 0 fully saturated rings. The molecule has 8 heteroatoms. The SMILES string of the molecule is Fc1cccc(-c2noc(C(Cl)(Cl)Cl)n2)c1F. The molecule has 2 rings (SSSR count). The van der Waals surface area contributed by atoms with Crippen molar-refractivity contribution in [1.82, 2.24) is 10.1 Å². The average molecular weight is 299 g/mol. The summed E-state index contributed by atoms with van der Waals surface area (Å²) in [5, 5.41) is 3.41. The summed E-state index contributed by atoms with van der Waals surface area (Å²) in [6.45, 7) is 0. The molecule has 0 amide bonds. The van der Waals surface area contributed by atoms with Crippen LogP contribution in [0.25, 0.3) is 11.4 Å². The van der Waals surface area contributed by atoms with Crippen LogP contribution in [0, 0.1) is 11.6 Å². The molecule has 0 aliphatic heterocycles. The summed E-state index contributed by atoms with van der Waals surface area (Å²) in [6, 6.07) is 3.55. The van der Waals surface area contributed by atoms with Gasteiger partial charge in [0.1, 0.15) is 0 Å². The first kappa shape index (κ1) is 12.5. The van der Waals surface area contributed by atoms with Crippen molar-refractivity contribution >= 4 is 34.8 Å². The quantitative estimate of drug-likeness (QED) is 0.751. The smallest absolute Gasteiger partial charge is 0.279 e. The van der Waals surface area contributed by atoms with Crippen molar-refractivity contribution in [2.24, 2.45) is 0 Å². The lowest BCUT2D eigenvalue weighted by Gasteiger charge is -2.01. The lowest BCUT2D eigenvalue weighted by atomic mass is 10.2. The van der Waals surface area contributed by atoms with Crippen molar-refractivity contribution in [3.05, 3.63) is 35.7 Å². The molecule has 0 bridgehead atoms. The Morgan fingerprint density at radius 1 is 1.18 bits per heavy atom. The molecule has 1 heterocycles. The molecule has 3 nitrogen and oxygen atoms in total. The Morgan fingerprint density at radius 3 is 2.47 bits per heavy atom. The van der Waals surface area contributed by atoms with Gasteiger partial charge in [0, 0.05) is 0 Å². The van der Waals surface area contributed by atoms with Crippen LogP contribution in [0.5, 0.6) is 0 Å². The predicted octanol–water partition coefficient (Wildman–Crippen LogP) is 3.84. The van der Waals surface area contributed by atoms with Crippen molar-refractivity contribution < 1.29 is 13.3 Å². The third kappa shape index (κ3) is 2.51. The summed E-state index contributed by atoms with van der Waals surface area (Å²) in [5.41, 5.74) is -0.172. The number of rotatable bonds is 1. The number of benzene rings is 1. The monoisotopic (exact) mass is 298 g/mol. The standard InChI is InChI=1S/C9H3Cl3F2N2O/c10-9(11,12)8-15-7(16-17-8)4-2-1-3-5(13)6(4)14/h1-3H. The predicted molar refractivity (Wildman–Crippen MR) is 58.9 cm³/mol. The zero-order chi connectivity index (χ0) is 12.6. The Balaban J connectivity index is 2.48. The van der Waals surface area contributed by atoms with Gasteiger partial charge in [0.05, 0.1) is 5.56 Å². The summed E-state index contributed by atoms with van der Waals surface area (Å²) in [4.78, 5) is 3.67. The topological polar surface area (TPSA) is 38.9 Å². The number of nitrogens with zero attached hydrogens (tertiary/aromatic N) is 2. The number of alkyl halides is 3. The number of halogens is 5. The van der Waals surface area contributed by atoms with E-state index in [9.17, 15) is 8.78 Å². The highest BCUT2D eigenvalue weighted by Crippen LogP contribution is 2.37. The average Bonchev–Trinajstić information content (AvgIpc) is 2.70. The molecule has 1 aromatic heterocycles. The van der Waals surface area contributed by atoms with Gasteiger partial charge in [-0.05, 0) is 12.1 Å². The lowest BCUT2D eigenvalue weighted by molar-refractivity contribution is 0.383. The van der Waals surface area contributed by atoms with Crippen LogP contribution in [-0.4, -0.2) is 10.1 Å². The van der Waals surface area contributed by atoms with Crippen LogP contribution in [-0.2, 0) is 3.79 Å². The minimum absolute atomic E-state index is 0.172. The van der Waals surface area contributed by atoms with Crippen molar-refractivity contribution in [3.8, 4) is 11.4 Å². The van der Waals surface area contributed by atoms with E-state index >= 15 is 0 Å². The molecule has 90 valence electrons. The molecule has 0 radical (unpaired) electrons. The highest BCUT2D eigenvalue weighted by atomic mass is 35.6. The van der Waals surface area contributed by atoms with E-state index in [1.54, 1.807) is 0 Å². The molecular weight excluding hydrogens is 296 g/mol. The minimum atomic E-state index is -1.91. The first-order valence-corrected chi connectivity index (χ1v) is 5.38. The van der Waals surface area contributed by atoms with Gasteiger partial charge in [-0.3, -0.25) is 0 Å². The van der Waals surface area contributed by atoms with Crippen molar-refractivity contribution in [2.75, 3.05) is 0 Å². The number of hydrogen-bond acceptors (Lipinski definition) is 3. The molecule has 0 aliphatic carbocycles. The number of aromatic nitrogens is 2. The van der Waals surface area contributed by atoms with Gasteiger partial charge >= 0.3 is 0 Å². The first-order valence-electron chi connectivity index (χ1n) is 4.25. The second kappa shape index (κ2) is 4.40. The van der Waals surface area contributed by atoms with Crippen molar-refractivity contribution in [3.63, 3.8) is 0 Å².